The highest BCUT2D eigenvalue weighted by molar-refractivity contribution is 7.31. The van der Waals surface area contributed by atoms with E-state index in [-0.39, 0.29) is 35.7 Å². The molecule has 0 aliphatic carbocycles. The summed E-state index contributed by atoms with van der Waals surface area (Å²) < 4.78 is 11.9. The molecule has 2 aliphatic heterocycles. The van der Waals surface area contributed by atoms with Gasteiger partial charge in [-0.2, -0.15) is 0 Å². The number of amides is 4. The van der Waals surface area contributed by atoms with Gasteiger partial charge in [-0.3, -0.25) is 9.59 Å². The van der Waals surface area contributed by atoms with Crippen LogP contribution >= 0.6 is 22.7 Å². The van der Waals surface area contributed by atoms with E-state index in [9.17, 15) is 19.2 Å². The number of carbonyl (C=O) groups excluding carboxylic acids is 4. The van der Waals surface area contributed by atoms with E-state index in [1.165, 1.54) is 23.6 Å². The number of benzene rings is 1. The van der Waals surface area contributed by atoms with E-state index in [4.69, 9.17) is 19.4 Å². The zero-order valence-corrected chi connectivity index (χ0v) is 32.9. The van der Waals surface area contributed by atoms with E-state index in [2.05, 4.69) is 44.9 Å². The minimum absolute atomic E-state index is 0.102. The molecule has 54 heavy (non-hydrogen) atoms. The number of nitrogens with zero attached hydrogens (tertiary/aromatic N) is 4. The minimum Gasteiger partial charge on any atom is -0.453 e. The summed E-state index contributed by atoms with van der Waals surface area (Å²) in [4.78, 5) is 73.5. The lowest BCUT2D eigenvalue weighted by Crippen LogP contribution is -2.51. The first kappa shape index (κ1) is 37.4. The molecule has 16 heteroatoms. The monoisotopic (exact) mass is 774 g/mol. The van der Waals surface area contributed by atoms with Crippen LogP contribution in [0.4, 0.5) is 9.59 Å². The van der Waals surface area contributed by atoms with Gasteiger partial charge in [-0.15, -0.1) is 22.7 Å². The Kier molecular flexibility index (Phi) is 10.7. The molecule has 2 saturated heterocycles. The minimum atomic E-state index is -0.688. The summed E-state index contributed by atoms with van der Waals surface area (Å²) in [5.41, 5.74) is 3.71. The number of nitrogens with one attached hydrogen (secondary N) is 4. The molecule has 1 unspecified atom stereocenters. The maximum atomic E-state index is 13.6. The fraction of sp³-hybridized carbons (Fsp3) is 0.474. The molecule has 1 aromatic carbocycles. The summed E-state index contributed by atoms with van der Waals surface area (Å²) >= 11 is 3.41. The van der Waals surface area contributed by atoms with Gasteiger partial charge in [0.05, 0.1) is 54.1 Å². The zero-order valence-electron chi connectivity index (χ0n) is 31.2. The van der Waals surface area contributed by atoms with Crippen molar-refractivity contribution in [3.63, 3.8) is 0 Å². The average molecular weight is 775 g/mol. The summed E-state index contributed by atoms with van der Waals surface area (Å²) in [7, 11) is 2.58. The molecule has 0 radical (unpaired) electrons. The Bertz CT molecular complexity index is 2150. The number of thiophene rings is 2. The van der Waals surface area contributed by atoms with E-state index >= 15 is 0 Å². The summed E-state index contributed by atoms with van der Waals surface area (Å²) in [5, 5.41) is 5.41. The molecule has 14 nitrogen and oxygen atoms in total. The van der Waals surface area contributed by atoms with Crippen molar-refractivity contribution in [2.75, 3.05) is 27.3 Å². The van der Waals surface area contributed by atoms with Crippen LogP contribution < -0.4 is 10.6 Å². The lowest BCUT2D eigenvalue weighted by Gasteiger charge is -2.30. The second kappa shape index (κ2) is 15.4. The van der Waals surface area contributed by atoms with Crippen molar-refractivity contribution in [3.05, 3.63) is 48.2 Å². The Morgan fingerprint density at radius 2 is 1.33 bits per heavy atom. The van der Waals surface area contributed by atoms with Crippen LogP contribution in [0.25, 0.3) is 41.4 Å². The molecular formula is C38H46N8O6S2. The Balaban J connectivity index is 1.06. The Morgan fingerprint density at radius 3 is 1.91 bits per heavy atom. The second-order valence-corrected chi connectivity index (χ2v) is 16.7. The van der Waals surface area contributed by atoms with Crippen LogP contribution in [-0.4, -0.2) is 93.1 Å². The van der Waals surface area contributed by atoms with Gasteiger partial charge >= 0.3 is 12.2 Å². The maximum absolute atomic E-state index is 13.6. The SMILES string of the molecule is COC(=O)NC(C(=O)N1CCC[C@H]1c1nc2ccc(-c3cc4sc(-c5cnc([C@@H]6CCCN6C(=O)[C@@H](NC(=O)OC)C(C)C)[nH]5)cc4s3)cc2[nH]1)C(C)C. The first-order chi connectivity index (χ1) is 25.9. The number of imidazole rings is 2. The Morgan fingerprint density at radius 1 is 0.778 bits per heavy atom. The molecule has 6 heterocycles. The first-order valence-corrected chi connectivity index (χ1v) is 20.0. The molecule has 4 amide bonds. The summed E-state index contributed by atoms with van der Waals surface area (Å²) in [5.74, 6) is 1.01. The number of rotatable bonds is 10. The van der Waals surface area contributed by atoms with Gasteiger partial charge in [0, 0.05) is 27.4 Å². The second-order valence-electron chi connectivity index (χ2n) is 14.6. The molecule has 4 N–H and O–H groups in total. The topological polar surface area (TPSA) is 175 Å². The number of hydrogen-bond donors (Lipinski definition) is 4. The molecule has 5 aromatic rings. The lowest BCUT2D eigenvalue weighted by molar-refractivity contribution is -0.136. The molecule has 4 atom stereocenters. The van der Waals surface area contributed by atoms with E-state index in [0.717, 1.165) is 69.4 Å². The van der Waals surface area contributed by atoms with Gasteiger partial charge < -0.3 is 39.9 Å². The number of methoxy groups -OCH3 is 2. The van der Waals surface area contributed by atoms with Crippen LogP contribution in [0.3, 0.4) is 0 Å². The highest BCUT2D eigenvalue weighted by atomic mass is 32.1. The quantitative estimate of drug-likeness (QED) is 0.118. The number of carbonyl (C=O) groups is 4. The number of aromatic nitrogens is 4. The summed E-state index contributed by atoms with van der Waals surface area (Å²) in [6.07, 6.45) is 3.87. The average Bonchev–Trinajstić information content (AvgIpc) is 3.99. The molecular weight excluding hydrogens is 729 g/mol. The van der Waals surface area contributed by atoms with Gasteiger partial charge in [0.1, 0.15) is 23.7 Å². The van der Waals surface area contributed by atoms with Crippen molar-refractivity contribution in [1.29, 1.82) is 0 Å². The molecule has 0 saturated carbocycles. The van der Waals surface area contributed by atoms with Crippen molar-refractivity contribution in [3.8, 4) is 21.0 Å². The number of hydrogen-bond acceptors (Lipinski definition) is 10. The first-order valence-electron chi connectivity index (χ1n) is 18.3. The predicted molar refractivity (Wildman–Crippen MR) is 208 cm³/mol. The number of alkyl carbamates (subject to hydrolysis) is 2. The predicted octanol–water partition coefficient (Wildman–Crippen LogP) is 6.98. The van der Waals surface area contributed by atoms with Gasteiger partial charge in [0.25, 0.3) is 0 Å². The molecule has 4 aromatic heterocycles. The van der Waals surface area contributed by atoms with Crippen LogP contribution in [-0.2, 0) is 19.1 Å². The van der Waals surface area contributed by atoms with Crippen LogP contribution in [0.1, 0.15) is 77.1 Å². The van der Waals surface area contributed by atoms with Gasteiger partial charge in [0.2, 0.25) is 11.8 Å². The highest BCUT2D eigenvalue weighted by Crippen LogP contribution is 2.43. The standard InChI is InChI=1S/C38H46N8O6S2/c1-19(2)31(43-37(49)51-5)35(47)45-13-7-9-25(45)33-39-18-24(42-33)28-17-30-29(54-28)16-27(53-30)21-11-12-22-23(15-21)41-34(40-22)26-10-8-14-46(26)36(48)32(20(3)4)44-38(50)52-6/h11-12,15-20,25-26,31-32H,7-10,13-14H2,1-6H3,(H,39,42)(H,40,41)(H,43,49)(H,44,50)/t25-,26-,31-,32?/m0/s1. The maximum Gasteiger partial charge on any atom is 0.407 e. The van der Waals surface area contributed by atoms with E-state index in [0.29, 0.717) is 13.1 Å². The van der Waals surface area contributed by atoms with Crippen molar-refractivity contribution in [2.45, 2.75) is 77.5 Å². The number of aromatic amines is 2. The van der Waals surface area contributed by atoms with Gasteiger partial charge in [0.15, 0.2) is 0 Å². The highest BCUT2D eigenvalue weighted by Gasteiger charge is 2.39. The van der Waals surface area contributed by atoms with Crippen molar-refractivity contribution >= 4 is 67.1 Å². The third kappa shape index (κ3) is 7.28. The van der Waals surface area contributed by atoms with E-state index in [1.807, 2.05) is 49.8 Å². The molecule has 0 bridgehead atoms. The zero-order chi connectivity index (χ0) is 38.3. The van der Waals surface area contributed by atoms with Gasteiger partial charge in [-0.1, -0.05) is 33.8 Å². The summed E-state index contributed by atoms with van der Waals surface area (Å²) in [6.45, 7) is 8.82. The van der Waals surface area contributed by atoms with Gasteiger partial charge in [-0.05, 0) is 67.3 Å². The number of fused-ring (bicyclic) bond motifs is 2. The third-order valence-electron chi connectivity index (χ3n) is 10.3. The number of H-pyrrole nitrogens is 2. The van der Waals surface area contributed by atoms with Gasteiger partial charge in [-0.25, -0.2) is 19.6 Å². The van der Waals surface area contributed by atoms with Crippen molar-refractivity contribution in [2.24, 2.45) is 11.8 Å². The van der Waals surface area contributed by atoms with Crippen molar-refractivity contribution in [1.82, 2.24) is 40.4 Å². The smallest absolute Gasteiger partial charge is 0.407 e. The lowest BCUT2D eigenvalue weighted by atomic mass is 10.0. The fourth-order valence-electron chi connectivity index (χ4n) is 7.47. The number of ether oxygens (including phenoxy) is 2. The van der Waals surface area contributed by atoms with E-state index < -0.39 is 24.3 Å². The fourth-order valence-corrected chi connectivity index (χ4v) is 9.83. The molecule has 286 valence electrons. The van der Waals surface area contributed by atoms with E-state index in [1.54, 1.807) is 22.7 Å². The third-order valence-corrected chi connectivity index (χ3v) is 12.7. The van der Waals surface area contributed by atoms with Crippen LogP contribution in [0.5, 0.6) is 0 Å². The Hall–Kier alpha value is -4.96. The normalized spacial score (nSPS) is 18.5. The summed E-state index contributed by atoms with van der Waals surface area (Å²) in [6, 6.07) is 8.81. The largest absolute Gasteiger partial charge is 0.453 e. The molecule has 0 spiro atoms. The molecule has 7 rings (SSSR count). The van der Waals surface area contributed by atoms with Crippen LogP contribution in [0, 0.1) is 11.8 Å². The van der Waals surface area contributed by atoms with Crippen LogP contribution in [0.2, 0.25) is 0 Å². The van der Waals surface area contributed by atoms with Crippen LogP contribution in [0.15, 0.2) is 36.5 Å². The Labute approximate surface area is 321 Å². The van der Waals surface area contributed by atoms with Crippen molar-refractivity contribution < 1.29 is 28.7 Å². The molecule has 2 fully saturated rings. The molecule has 2 aliphatic rings. The number of likely N-dealkylation sites (tertiary alicyclic amines) is 2.